The highest BCUT2D eigenvalue weighted by Gasteiger charge is 2.03. The third-order valence-corrected chi connectivity index (χ3v) is 4.15. The molecule has 0 rings (SSSR count). The van der Waals surface area contributed by atoms with Gasteiger partial charge in [0.25, 0.3) is 0 Å². The molecule has 0 radical (unpaired) electrons. The molecule has 120 valence electrons. The quantitative estimate of drug-likeness (QED) is 0.113. The first-order chi connectivity index (χ1) is 9.85. The number of alkyl halides is 1. The minimum Gasteiger partial charge on any atom is -0.356 e. The number of halogens is 1. The highest BCUT2D eigenvalue weighted by Crippen LogP contribution is 2.12. The van der Waals surface area contributed by atoms with Gasteiger partial charge in [-0.05, 0) is 32.1 Å². The van der Waals surface area contributed by atoms with E-state index in [4.69, 9.17) is 9.47 Å². The van der Waals surface area contributed by atoms with E-state index in [2.05, 4.69) is 34.7 Å². The van der Waals surface area contributed by atoms with Crippen LogP contribution in [0.1, 0.15) is 70.6 Å². The fourth-order valence-corrected chi connectivity index (χ4v) is 2.62. The molecule has 0 N–H and O–H groups in total. The van der Waals surface area contributed by atoms with Crippen LogP contribution in [-0.4, -0.2) is 24.9 Å². The van der Waals surface area contributed by atoms with E-state index in [9.17, 15) is 0 Å². The molecule has 0 aromatic rings. The number of ether oxygens (including phenoxy) is 2. The van der Waals surface area contributed by atoms with Crippen LogP contribution in [0, 0.1) is 0 Å². The topological polar surface area (TPSA) is 18.5 Å². The van der Waals surface area contributed by atoms with Crippen LogP contribution in [0.3, 0.4) is 0 Å². The minimum atomic E-state index is -0.00439. The first-order valence-electron chi connectivity index (χ1n) is 8.11. The standard InChI is InChI=1S/C17H33IO2/c1-19-17(20-2)15-13-11-9-7-5-3-4-6-8-10-12-14-16-18/h10,12,17H,3-9,11,13-16H2,1-2H3/b12-10-. The molecular weight excluding hydrogens is 363 g/mol. The second-order valence-electron chi connectivity index (χ2n) is 5.26. The lowest BCUT2D eigenvalue weighted by Crippen LogP contribution is -2.12. The molecule has 0 atom stereocenters. The molecular formula is C17H33IO2. The van der Waals surface area contributed by atoms with Gasteiger partial charge in [0.2, 0.25) is 0 Å². The fourth-order valence-electron chi connectivity index (χ4n) is 2.26. The molecule has 0 unspecified atom stereocenters. The minimum absolute atomic E-state index is 0.00439. The number of allylic oxidation sites excluding steroid dienone is 2. The molecule has 20 heavy (non-hydrogen) atoms. The number of hydrogen-bond acceptors (Lipinski definition) is 2. The lowest BCUT2D eigenvalue weighted by atomic mass is 10.1. The first kappa shape index (κ1) is 20.4. The van der Waals surface area contributed by atoms with Crippen molar-refractivity contribution in [3.05, 3.63) is 12.2 Å². The molecule has 0 aromatic heterocycles. The Hall–Kier alpha value is 0.390. The van der Waals surface area contributed by atoms with Gasteiger partial charge in [0.15, 0.2) is 6.29 Å². The van der Waals surface area contributed by atoms with E-state index in [1.54, 1.807) is 14.2 Å². The van der Waals surface area contributed by atoms with Crippen molar-refractivity contribution in [2.45, 2.75) is 76.9 Å². The Bertz CT molecular complexity index is 203. The molecule has 0 saturated heterocycles. The molecule has 0 fully saturated rings. The summed E-state index contributed by atoms with van der Waals surface area (Å²) in [6.45, 7) is 0. The van der Waals surface area contributed by atoms with Gasteiger partial charge in [-0.3, -0.25) is 0 Å². The van der Waals surface area contributed by atoms with Crippen LogP contribution >= 0.6 is 22.6 Å². The zero-order chi connectivity index (χ0) is 14.9. The molecule has 0 heterocycles. The van der Waals surface area contributed by atoms with E-state index in [-0.39, 0.29) is 6.29 Å². The van der Waals surface area contributed by atoms with E-state index < -0.39 is 0 Å². The molecule has 0 amide bonds. The number of unbranched alkanes of at least 4 members (excludes halogenated alkanes) is 8. The largest absolute Gasteiger partial charge is 0.356 e. The van der Waals surface area contributed by atoms with Crippen LogP contribution < -0.4 is 0 Å². The van der Waals surface area contributed by atoms with Crippen molar-refractivity contribution in [2.75, 3.05) is 18.6 Å². The molecule has 0 aromatic carbocycles. The molecule has 0 saturated carbocycles. The van der Waals surface area contributed by atoms with E-state index >= 15 is 0 Å². The van der Waals surface area contributed by atoms with Crippen LogP contribution in [0.15, 0.2) is 12.2 Å². The predicted octanol–water partition coefficient (Wildman–Crippen LogP) is 5.89. The molecule has 3 heteroatoms. The molecule has 0 aliphatic rings. The van der Waals surface area contributed by atoms with Crippen LogP contribution in [0.2, 0.25) is 0 Å². The highest BCUT2D eigenvalue weighted by atomic mass is 127. The maximum atomic E-state index is 5.18. The zero-order valence-corrected chi connectivity index (χ0v) is 15.6. The molecule has 2 nitrogen and oxygen atoms in total. The van der Waals surface area contributed by atoms with Crippen molar-refractivity contribution in [2.24, 2.45) is 0 Å². The summed E-state index contributed by atoms with van der Waals surface area (Å²) >= 11 is 2.42. The summed E-state index contributed by atoms with van der Waals surface area (Å²) in [5.41, 5.74) is 0. The van der Waals surface area contributed by atoms with Gasteiger partial charge in [-0.2, -0.15) is 0 Å². The van der Waals surface area contributed by atoms with Gasteiger partial charge in [0.1, 0.15) is 0 Å². The van der Waals surface area contributed by atoms with E-state index in [1.807, 2.05) is 0 Å². The van der Waals surface area contributed by atoms with Crippen molar-refractivity contribution < 1.29 is 9.47 Å². The molecule has 0 spiro atoms. The van der Waals surface area contributed by atoms with Gasteiger partial charge in [-0.25, -0.2) is 0 Å². The highest BCUT2D eigenvalue weighted by molar-refractivity contribution is 14.1. The summed E-state index contributed by atoms with van der Waals surface area (Å²) in [5.74, 6) is 0. The van der Waals surface area contributed by atoms with Crippen LogP contribution in [-0.2, 0) is 9.47 Å². The second kappa shape index (κ2) is 17.4. The third kappa shape index (κ3) is 14.8. The van der Waals surface area contributed by atoms with Gasteiger partial charge in [0, 0.05) is 18.6 Å². The molecule has 0 bridgehead atoms. The second-order valence-corrected chi connectivity index (χ2v) is 6.33. The summed E-state index contributed by atoms with van der Waals surface area (Å²) in [7, 11) is 3.43. The van der Waals surface area contributed by atoms with Gasteiger partial charge >= 0.3 is 0 Å². The lowest BCUT2D eigenvalue weighted by molar-refractivity contribution is -0.107. The summed E-state index contributed by atoms with van der Waals surface area (Å²) < 4.78 is 11.6. The smallest absolute Gasteiger partial charge is 0.156 e. The predicted molar refractivity (Wildman–Crippen MR) is 96.6 cm³/mol. The normalized spacial score (nSPS) is 11.8. The molecule has 0 aliphatic heterocycles. The number of hydrogen-bond donors (Lipinski definition) is 0. The Morgan fingerprint density at radius 2 is 1.25 bits per heavy atom. The average molecular weight is 396 g/mol. The Labute approximate surface area is 139 Å². The summed E-state index contributed by atoms with van der Waals surface area (Å²) in [6.07, 6.45) is 19.0. The van der Waals surface area contributed by atoms with E-state index in [0.29, 0.717) is 0 Å². The number of rotatable bonds is 15. The lowest BCUT2D eigenvalue weighted by Gasteiger charge is -2.12. The summed E-state index contributed by atoms with van der Waals surface area (Å²) in [5, 5.41) is 0. The van der Waals surface area contributed by atoms with Gasteiger partial charge < -0.3 is 9.47 Å². The Morgan fingerprint density at radius 3 is 1.80 bits per heavy atom. The van der Waals surface area contributed by atoms with Crippen LogP contribution in [0.5, 0.6) is 0 Å². The van der Waals surface area contributed by atoms with Gasteiger partial charge in [-0.1, -0.05) is 73.3 Å². The van der Waals surface area contributed by atoms with Crippen molar-refractivity contribution in [1.29, 1.82) is 0 Å². The maximum absolute atomic E-state index is 5.18. The van der Waals surface area contributed by atoms with Crippen LogP contribution in [0.25, 0.3) is 0 Å². The monoisotopic (exact) mass is 396 g/mol. The van der Waals surface area contributed by atoms with Crippen molar-refractivity contribution in [1.82, 2.24) is 0 Å². The van der Waals surface area contributed by atoms with E-state index in [0.717, 1.165) is 6.42 Å². The first-order valence-corrected chi connectivity index (χ1v) is 9.64. The Balaban J connectivity index is 3.09. The Kier molecular flexibility index (Phi) is 17.8. The summed E-state index contributed by atoms with van der Waals surface area (Å²) in [4.78, 5) is 0. The van der Waals surface area contributed by atoms with E-state index in [1.165, 1.54) is 68.6 Å². The summed E-state index contributed by atoms with van der Waals surface area (Å²) in [6, 6.07) is 0. The Morgan fingerprint density at radius 1 is 0.750 bits per heavy atom. The third-order valence-electron chi connectivity index (χ3n) is 3.53. The van der Waals surface area contributed by atoms with Crippen LogP contribution in [0.4, 0.5) is 0 Å². The van der Waals surface area contributed by atoms with Crippen molar-refractivity contribution >= 4 is 22.6 Å². The molecule has 0 aliphatic carbocycles. The van der Waals surface area contributed by atoms with Gasteiger partial charge in [0.05, 0.1) is 0 Å². The fraction of sp³-hybridized carbons (Fsp3) is 0.882. The van der Waals surface area contributed by atoms with Crippen molar-refractivity contribution in [3.63, 3.8) is 0 Å². The average Bonchev–Trinajstić information content (AvgIpc) is 2.48. The number of methoxy groups -OCH3 is 2. The van der Waals surface area contributed by atoms with Crippen molar-refractivity contribution in [3.8, 4) is 0 Å². The van der Waals surface area contributed by atoms with Gasteiger partial charge in [-0.15, -0.1) is 0 Å². The zero-order valence-electron chi connectivity index (χ0n) is 13.4. The SMILES string of the molecule is COC(CCCCCCCCCC/C=C\CCI)OC. The maximum Gasteiger partial charge on any atom is 0.156 e.